The number of nitrogens with one attached hydrogen (secondary N) is 2. The van der Waals surface area contributed by atoms with Gasteiger partial charge in [0, 0.05) is 25.6 Å². The van der Waals surface area contributed by atoms with Gasteiger partial charge in [-0.3, -0.25) is 9.59 Å². The highest BCUT2D eigenvalue weighted by Crippen LogP contribution is 2.29. The van der Waals surface area contributed by atoms with E-state index in [2.05, 4.69) is 17.2 Å². The van der Waals surface area contributed by atoms with Gasteiger partial charge in [0.2, 0.25) is 21.8 Å². The maximum atomic E-state index is 13.1. The topological polar surface area (TPSA) is 95.6 Å². The molecule has 3 rings (SSSR count). The van der Waals surface area contributed by atoms with Gasteiger partial charge >= 0.3 is 0 Å². The third-order valence-corrected chi connectivity index (χ3v) is 7.89. The number of benzene rings is 2. The normalized spacial score (nSPS) is 19.0. The van der Waals surface area contributed by atoms with Gasteiger partial charge in [0.1, 0.15) is 0 Å². The fourth-order valence-corrected chi connectivity index (χ4v) is 5.68. The van der Waals surface area contributed by atoms with Gasteiger partial charge < -0.3 is 10.6 Å². The molecule has 0 spiro atoms. The largest absolute Gasteiger partial charge is 0.349 e. The number of carbonyl (C=O) groups excluding carboxylic acids is 2. The van der Waals surface area contributed by atoms with Crippen LogP contribution in [0.25, 0.3) is 0 Å². The molecule has 1 fully saturated rings. The van der Waals surface area contributed by atoms with Crippen LogP contribution in [0, 0.1) is 5.92 Å². The van der Waals surface area contributed by atoms with Crippen molar-refractivity contribution in [3.8, 4) is 0 Å². The van der Waals surface area contributed by atoms with Crippen LogP contribution in [0.2, 0.25) is 5.02 Å². The smallest absolute Gasteiger partial charge is 0.243 e. The average Bonchev–Trinajstić information content (AvgIpc) is 2.80. The van der Waals surface area contributed by atoms with E-state index in [1.165, 1.54) is 28.6 Å². The summed E-state index contributed by atoms with van der Waals surface area (Å²) in [5, 5.41) is 5.75. The molecule has 2 unspecified atom stereocenters. The average molecular weight is 490 g/mol. The second kappa shape index (κ2) is 11.0. The predicted octanol–water partition coefficient (Wildman–Crippen LogP) is 3.61. The second-order valence-corrected chi connectivity index (χ2v) is 10.5. The Morgan fingerprint density at radius 2 is 1.94 bits per heavy atom. The lowest BCUT2D eigenvalue weighted by molar-refractivity contribution is -0.118. The summed E-state index contributed by atoms with van der Waals surface area (Å²) in [5.41, 5.74) is 1.43. The number of amides is 2. The van der Waals surface area contributed by atoms with E-state index in [9.17, 15) is 18.0 Å². The standard InChI is InChI=1S/C24H28ClN3O4S/c1-3-23(29)26-21-13-14-28(16-17(21)2)33(31,32)19-10-11-22(20(25)15-19)27-24(30)12-9-18-7-5-4-6-8-18/h3-8,10-11,15,17,21H,1,9,12-14,16H2,2H3,(H,26,29)(H,27,30). The first-order valence-electron chi connectivity index (χ1n) is 10.8. The van der Waals surface area contributed by atoms with Gasteiger partial charge in [-0.25, -0.2) is 8.42 Å². The van der Waals surface area contributed by atoms with Crippen LogP contribution in [0.5, 0.6) is 0 Å². The lowest BCUT2D eigenvalue weighted by Crippen LogP contribution is -2.51. The van der Waals surface area contributed by atoms with E-state index in [1.807, 2.05) is 37.3 Å². The van der Waals surface area contributed by atoms with Gasteiger partial charge in [0.15, 0.2) is 0 Å². The summed E-state index contributed by atoms with van der Waals surface area (Å²) in [6.45, 7) is 5.90. The molecule has 1 heterocycles. The van der Waals surface area contributed by atoms with Crippen molar-refractivity contribution in [2.24, 2.45) is 5.92 Å². The summed E-state index contributed by atoms with van der Waals surface area (Å²) in [6, 6.07) is 13.9. The number of hydrogen-bond acceptors (Lipinski definition) is 4. The van der Waals surface area contributed by atoms with E-state index in [-0.39, 0.29) is 53.2 Å². The minimum Gasteiger partial charge on any atom is -0.349 e. The van der Waals surface area contributed by atoms with E-state index >= 15 is 0 Å². The molecule has 0 aliphatic carbocycles. The Balaban J connectivity index is 1.63. The highest BCUT2D eigenvalue weighted by Gasteiger charge is 2.34. The van der Waals surface area contributed by atoms with Crippen LogP contribution in [0.15, 0.2) is 66.1 Å². The maximum absolute atomic E-state index is 13.1. The number of anilines is 1. The number of halogens is 1. The quantitative estimate of drug-likeness (QED) is 0.554. The summed E-state index contributed by atoms with van der Waals surface area (Å²) in [7, 11) is -3.76. The third kappa shape index (κ3) is 6.43. The number of piperidine rings is 1. The van der Waals surface area contributed by atoms with Crippen molar-refractivity contribution in [1.82, 2.24) is 9.62 Å². The Kier molecular flexibility index (Phi) is 8.29. The van der Waals surface area contributed by atoms with Crippen LogP contribution >= 0.6 is 11.6 Å². The van der Waals surface area contributed by atoms with Crippen molar-refractivity contribution in [3.05, 3.63) is 71.8 Å². The molecule has 0 bridgehead atoms. The summed E-state index contributed by atoms with van der Waals surface area (Å²) < 4.78 is 27.7. The summed E-state index contributed by atoms with van der Waals surface area (Å²) in [4.78, 5) is 23.9. The molecule has 7 nitrogen and oxygen atoms in total. The van der Waals surface area contributed by atoms with E-state index < -0.39 is 10.0 Å². The van der Waals surface area contributed by atoms with Crippen LogP contribution < -0.4 is 10.6 Å². The van der Waals surface area contributed by atoms with Crippen molar-refractivity contribution < 1.29 is 18.0 Å². The zero-order chi connectivity index (χ0) is 24.0. The molecule has 1 aliphatic heterocycles. The van der Waals surface area contributed by atoms with Gasteiger partial charge in [-0.2, -0.15) is 4.31 Å². The van der Waals surface area contributed by atoms with E-state index in [0.29, 0.717) is 18.5 Å². The van der Waals surface area contributed by atoms with Gasteiger partial charge in [-0.1, -0.05) is 55.4 Å². The van der Waals surface area contributed by atoms with Crippen molar-refractivity contribution in [2.45, 2.75) is 37.1 Å². The van der Waals surface area contributed by atoms with Gasteiger partial charge in [-0.05, 0) is 48.6 Å². The summed E-state index contributed by atoms with van der Waals surface area (Å²) in [6.07, 6.45) is 2.59. The number of aryl methyl sites for hydroxylation is 1. The molecule has 1 saturated heterocycles. The third-order valence-electron chi connectivity index (χ3n) is 5.72. The van der Waals surface area contributed by atoms with Crippen LogP contribution in [0.4, 0.5) is 5.69 Å². The van der Waals surface area contributed by atoms with Crippen molar-refractivity contribution in [2.75, 3.05) is 18.4 Å². The molecule has 0 aromatic heterocycles. The zero-order valence-corrected chi connectivity index (χ0v) is 20.0. The fourth-order valence-electron chi connectivity index (χ4n) is 3.80. The number of rotatable bonds is 8. The number of hydrogen-bond donors (Lipinski definition) is 2. The molecule has 2 N–H and O–H groups in total. The summed E-state index contributed by atoms with van der Waals surface area (Å²) in [5.74, 6) is -0.527. The molecule has 0 radical (unpaired) electrons. The van der Waals surface area contributed by atoms with E-state index in [0.717, 1.165) is 5.56 Å². The van der Waals surface area contributed by atoms with Crippen molar-refractivity contribution >= 4 is 39.1 Å². The first-order valence-corrected chi connectivity index (χ1v) is 12.6. The molecule has 33 heavy (non-hydrogen) atoms. The Morgan fingerprint density at radius 1 is 1.21 bits per heavy atom. The Labute approximate surface area is 199 Å². The number of nitrogens with zero attached hydrogens (tertiary/aromatic N) is 1. The molecule has 2 aromatic rings. The highest BCUT2D eigenvalue weighted by atomic mass is 35.5. The SMILES string of the molecule is C=CC(=O)NC1CCN(S(=O)(=O)c2ccc(NC(=O)CCc3ccccc3)c(Cl)c2)CC1C. The lowest BCUT2D eigenvalue weighted by atomic mass is 9.95. The molecule has 176 valence electrons. The number of sulfonamides is 1. The van der Waals surface area contributed by atoms with Gasteiger partial charge in [0.05, 0.1) is 15.6 Å². The Hall–Kier alpha value is -2.68. The fraction of sp³-hybridized carbons (Fsp3) is 0.333. The zero-order valence-electron chi connectivity index (χ0n) is 18.5. The molecule has 2 atom stereocenters. The predicted molar refractivity (Wildman–Crippen MR) is 130 cm³/mol. The van der Waals surface area contributed by atoms with Crippen molar-refractivity contribution in [1.29, 1.82) is 0 Å². The molecular weight excluding hydrogens is 462 g/mol. The molecular formula is C24H28ClN3O4S. The van der Waals surface area contributed by atoms with Crippen molar-refractivity contribution in [3.63, 3.8) is 0 Å². The monoisotopic (exact) mass is 489 g/mol. The Morgan fingerprint density at radius 3 is 2.58 bits per heavy atom. The van der Waals surface area contributed by atoms with Crippen LogP contribution in [0.3, 0.4) is 0 Å². The molecule has 0 saturated carbocycles. The minimum absolute atomic E-state index is 0.0592. The van der Waals surface area contributed by atoms with Crippen LogP contribution in [0.1, 0.15) is 25.3 Å². The van der Waals surface area contributed by atoms with Crippen LogP contribution in [-0.4, -0.2) is 43.7 Å². The second-order valence-electron chi connectivity index (χ2n) is 8.12. The molecule has 2 amide bonds. The number of carbonyl (C=O) groups is 2. The molecule has 9 heteroatoms. The van der Waals surface area contributed by atoms with E-state index in [1.54, 1.807) is 0 Å². The summed E-state index contributed by atoms with van der Waals surface area (Å²) >= 11 is 6.31. The van der Waals surface area contributed by atoms with Gasteiger partial charge in [0.25, 0.3) is 0 Å². The van der Waals surface area contributed by atoms with E-state index in [4.69, 9.17) is 11.6 Å². The Bertz CT molecular complexity index is 1120. The van der Waals surface area contributed by atoms with Gasteiger partial charge in [-0.15, -0.1) is 0 Å². The first kappa shape index (κ1) is 25.0. The van der Waals surface area contributed by atoms with Crippen LogP contribution in [-0.2, 0) is 26.0 Å². The first-order chi connectivity index (χ1) is 15.7. The molecule has 2 aromatic carbocycles. The lowest BCUT2D eigenvalue weighted by Gasteiger charge is -2.36. The highest BCUT2D eigenvalue weighted by molar-refractivity contribution is 7.89. The molecule has 1 aliphatic rings. The minimum atomic E-state index is -3.76. The maximum Gasteiger partial charge on any atom is 0.243 e.